The Morgan fingerprint density at radius 2 is 2.05 bits per heavy atom. The van der Waals surface area contributed by atoms with Crippen LogP contribution in [0.15, 0.2) is 24.3 Å². The fourth-order valence-electron chi connectivity index (χ4n) is 2.30. The van der Waals surface area contributed by atoms with E-state index < -0.39 is 5.54 Å². The van der Waals surface area contributed by atoms with Crippen LogP contribution < -0.4 is 5.32 Å². The second-order valence-corrected chi connectivity index (χ2v) is 6.04. The van der Waals surface area contributed by atoms with E-state index in [1.807, 2.05) is 26.0 Å². The van der Waals surface area contributed by atoms with Gasteiger partial charge in [-0.2, -0.15) is 0 Å². The summed E-state index contributed by atoms with van der Waals surface area (Å²) in [5, 5.41) is 12.7. The van der Waals surface area contributed by atoms with Gasteiger partial charge in [-0.25, -0.2) is 0 Å². The molecule has 0 bridgehead atoms. The lowest BCUT2D eigenvalue weighted by atomic mass is 9.93. The lowest BCUT2D eigenvalue weighted by molar-refractivity contribution is -0.150. The number of benzene rings is 1. The fraction of sp³-hybridized carbons (Fsp3) is 0.588. The van der Waals surface area contributed by atoms with Gasteiger partial charge < -0.3 is 15.2 Å². The summed E-state index contributed by atoms with van der Waals surface area (Å²) in [6.07, 6.45) is 3.96. The van der Waals surface area contributed by atoms with E-state index in [0.717, 1.165) is 18.5 Å². The van der Waals surface area contributed by atoms with Crippen LogP contribution in [0.3, 0.4) is 0 Å². The van der Waals surface area contributed by atoms with Crippen molar-refractivity contribution in [3.8, 4) is 5.75 Å². The normalized spacial score (nSPS) is 17.2. The quantitative estimate of drug-likeness (QED) is 0.723. The topological polar surface area (TPSA) is 58.6 Å². The van der Waals surface area contributed by atoms with E-state index in [-0.39, 0.29) is 11.7 Å². The van der Waals surface area contributed by atoms with Gasteiger partial charge in [0.05, 0.1) is 6.61 Å². The summed E-state index contributed by atoms with van der Waals surface area (Å²) in [5.74, 6) is 0.801. The van der Waals surface area contributed by atoms with Crippen LogP contribution in [0.2, 0.25) is 0 Å². The molecule has 116 valence electrons. The summed E-state index contributed by atoms with van der Waals surface area (Å²) < 4.78 is 5.23. The van der Waals surface area contributed by atoms with Crippen LogP contribution >= 0.6 is 0 Å². The van der Waals surface area contributed by atoms with Crippen LogP contribution in [0.4, 0.5) is 0 Å². The third kappa shape index (κ3) is 4.74. The molecule has 0 saturated heterocycles. The van der Waals surface area contributed by atoms with Crippen molar-refractivity contribution in [2.45, 2.75) is 45.1 Å². The summed E-state index contributed by atoms with van der Waals surface area (Å²) in [5.41, 5.74) is 0.466. The molecule has 4 nitrogen and oxygen atoms in total. The van der Waals surface area contributed by atoms with E-state index in [0.29, 0.717) is 18.9 Å². The van der Waals surface area contributed by atoms with Crippen LogP contribution in [0, 0.1) is 5.92 Å². The molecule has 1 unspecified atom stereocenters. The van der Waals surface area contributed by atoms with E-state index in [9.17, 15) is 9.90 Å². The fourth-order valence-corrected chi connectivity index (χ4v) is 2.30. The Hall–Kier alpha value is -1.55. The highest BCUT2D eigenvalue weighted by atomic mass is 16.5. The van der Waals surface area contributed by atoms with Crippen LogP contribution in [0.5, 0.6) is 5.75 Å². The van der Waals surface area contributed by atoms with E-state index >= 15 is 0 Å². The third-order valence-electron chi connectivity index (χ3n) is 4.05. The average Bonchev–Trinajstić information content (AvgIpc) is 3.29. The Morgan fingerprint density at radius 3 is 2.62 bits per heavy atom. The molecule has 2 N–H and O–H groups in total. The number of phenolic OH excluding ortho intramolecular Hbond substituents is 1. The van der Waals surface area contributed by atoms with Gasteiger partial charge in [-0.3, -0.25) is 4.79 Å². The number of hydrogen-bond donors (Lipinski definition) is 2. The minimum absolute atomic E-state index is 0.176. The lowest BCUT2D eigenvalue weighted by Crippen LogP contribution is -2.51. The van der Waals surface area contributed by atoms with Crippen molar-refractivity contribution in [3.05, 3.63) is 29.8 Å². The van der Waals surface area contributed by atoms with Crippen molar-refractivity contribution in [2.75, 3.05) is 13.2 Å². The van der Waals surface area contributed by atoms with Crippen molar-refractivity contribution >= 4 is 5.97 Å². The Kier molecular flexibility index (Phi) is 5.23. The second kappa shape index (κ2) is 6.94. The predicted octanol–water partition coefficient (Wildman–Crippen LogP) is 2.65. The van der Waals surface area contributed by atoms with Crippen LogP contribution in [0.1, 0.15) is 38.7 Å². The number of nitrogens with one attached hydrogen (secondary N) is 1. The van der Waals surface area contributed by atoms with Gasteiger partial charge in [-0.1, -0.05) is 12.1 Å². The van der Waals surface area contributed by atoms with E-state index in [1.165, 1.54) is 12.8 Å². The maximum absolute atomic E-state index is 12.2. The molecular formula is C17H25NO3. The zero-order valence-electron chi connectivity index (χ0n) is 12.9. The smallest absolute Gasteiger partial charge is 0.326 e. The van der Waals surface area contributed by atoms with Crippen molar-refractivity contribution < 1.29 is 14.6 Å². The van der Waals surface area contributed by atoms with Crippen molar-refractivity contribution in [2.24, 2.45) is 5.92 Å². The molecule has 0 spiro atoms. The van der Waals surface area contributed by atoms with Crippen molar-refractivity contribution in [1.29, 1.82) is 0 Å². The monoisotopic (exact) mass is 291 g/mol. The van der Waals surface area contributed by atoms with Gasteiger partial charge in [0, 0.05) is 0 Å². The first kappa shape index (κ1) is 15.8. The molecule has 1 aliphatic rings. The van der Waals surface area contributed by atoms with Crippen LogP contribution in [-0.4, -0.2) is 29.8 Å². The number of aryl methyl sites for hydroxylation is 1. The first-order chi connectivity index (χ1) is 10.0. The molecule has 1 aromatic rings. The Labute approximate surface area is 126 Å². The lowest BCUT2D eigenvalue weighted by Gasteiger charge is -2.28. The zero-order valence-corrected chi connectivity index (χ0v) is 12.9. The molecule has 0 amide bonds. The first-order valence-electron chi connectivity index (χ1n) is 7.73. The number of aromatic hydroxyl groups is 1. The van der Waals surface area contributed by atoms with Gasteiger partial charge in [0.15, 0.2) is 0 Å². The molecule has 1 aliphatic carbocycles. The van der Waals surface area contributed by atoms with E-state index in [1.54, 1.807) is 12.1 Å². The van der Waals surface area contributed by atoms with E-state index in [2.05, 4.69) is 5.32 Å². The second-order valence-electron chi connectivity index (χ2n) is 6.04. The molecule has 0 aromatic heterocycles. The van der Waals surface area contributed by atoms with Gasteiger partial charge in [-0.15, -0.1) is 0 Å². The van der Waals surface area contributed by atoms with E-state index in [4.69, 9.17) is 4.74 Å². The highest BCUT2D eigenvalue weighted by Crippen LogP contribution is 2.29. The number of carbonyl (C=O) groups is 1. The first-order valence-corrected chi connectivity index (χ1v) is 7.73. The highest BCUT2D eigenvalue weighted by molar-refractivity contribution is 5.80. The van der Waals surface area contributed by atoms with Crippen molar-refractivity contribution in [1.82, 2.24) is 5.32 Å². The molecule has 21 heavy (non-hydrogen) atoms. The van der Waals surface area contributed by atoms with Crippen molar-refractivity contribution in [3.63, 3.8) is 0 Å². The largest absolute Gasteiger partial charge is 0.508 e. The molecule has 4 heteroatoms. The minimum atomic E-state index is -0.642. The standard InChI is InChI=1S/C17H25NO3/c1-3-21-16(20)17(2,18-12-14-4-5-14)11-10-13-6-8-15(19)9-7-13/h6-9,14,18-19H,3-5,10-12H2,1-2H3. The average molecular weight is 291 g/mol. The number of carbonyl (C=O) groups excluding carboxylic acids is 1. The van der Waals surface area contributed by atoms with Gasteiger partial charge >= 0.3 is 5.97 Å². The Bertz CT molecular complexity index is 467. The number of esters is 1. The molecule has 0 heterocycles. The number of hydrogen-bond acceptors (Lipinski definition) is 4. The Balaban J connectivity index is 1.96. The maximum atomic E-state index is 12.2. The predicted molar refractivity (Wildman–Crippen MR) is 82.2 cm³/mol. The molecule has 1 atom stereocenters. The number of ether oxygens (including phenoxy) is 1. The third-order valence-corrected chi connectivity index (χ3v) is 4.05. The minimum Gasteiger partial charge on any atom is -0.508 e. The SMILES string of the molecule is CCOC(=O)C(C)(CCc1ccc(O)cc1)NCC1CC1. The summed E-state index contributed by atoms with van der Waals surface area (Å²) in [4.78, 5) is 12.2. The molecule has 0 aliphatic heterocycles. The van der Waals surface area contributed by atoms with Crippen LogP contribution in [0.25, 0.3) is 0 Å². The summed E-state index contributed by atoms with van der Waals surface area (Å²) >= 11 is 0. The number of rotatable bonds is 8. The number of phenols is 1. The van der Waals surface area contributed by atoms with Crippen LogP contribution in [-0.2, 0) is 16.0 Å². The van der Waals surface area contributed by atoms with Gasteiger partial charge in [-0.05, 0) is 69.7 Å². The highest BCUT2D eigenvalue weighted by Gasteiger charge is 2.35. The van der Waals surface area contributed by atoms with Gasteiger partial charge in [0.2, 0.25) is 0 Å². The summed E-state index contributed by atoms with van der Waals surface area (Å²) in [6, 6.07) is 7.13. The molecule has 1 saturated carbocycles. The molecule has 2 rings (SSSR count). The maximum Gasteiger partial charge on any atom is 0.326 e. The summed E-state index contributed by atoms with van der Waals surface area (Å²) in [6.45, 7) is 5.04. The zero-order chi connectivity index (χ0) is 15.3. The summed E-state index contributed by atoms with van der Waals surface area (Å²) in [7, 11) is 0. The van der Waals surface area contributed by atoms with Gasteiger partial charge in [0.25, 0.3) is 0 Å². The van der Waals surface area contributed by atoms with Gasteiger partial charge in [0.1, 0.15) is 11.3 Å². The Morgan fingerprint density at radius 1 is 1.38 bits per heavy atom. The molecular weight excluding hydrogens is 266 g/mol. The molecule has 1 fully saturated rings. The molecule has 0 radical (unpaired) electrons. The molecule has 1 aromatic carbocycles.